The number of hydrogen-bond acceptors (Lipinski definition) is 6. The molecule has 0 aliphatic rings. The molecule has 0 spiro atoms. The second kappa shape index (κ2) is 14.1. The van der Waals surface area contributed by atoms with Crippen LogP contribution in [0.1, 0.15) is 17.0 Å². The van der Waals surface area contributed by atoms with Crippen molar-refractivity contribution in [1.29, 1.82) is 0 Å². The SMILES string of the molecule is Brc1ccc2nnc(Cc3ccccc3)n2c1.NNc1ccc(Br)cn1.O=C(O)Cc1ccccc1. The molecule has 5 rings (SSSR count). The molecule has 3 heterocycles. The number of nitrogens with zero attached hydrogens (tertiary/aromatic N) is 4. The van der Waals surface area contributed by atoms with Crippen molar-refractivity contribution in [3.63, 3.8) is 0 Å². The molecule has 0 amide bonds. The van der Waals surface area contributed by atoms with Crippen molar-refractivity contribution < 1.29 is 9.90 Å². The largest absolute Gasteiger partial charge is 0.481 e. The number of halogens is 2. The summed E-state index contributed by atoms with van der Waals surface area (Å²) >= 11 is 6.70. The summed E-state index contributed by atoms with van der Waals surface area (Å²) in [5.74, 6) is 5.90. The summed E-state index contributed by atoms with van der Waals surface area (Å²) < 4.78 is 3.98. The molecule has 0 radical (unpaired) electrons. The number of carboxylic acid groups (broad SMARTS) is 1. The van der Waals surface area contributed by atoms with Gasteiger partial charge in [0.2, 0.25) is 0 Å². The Kier molecular flexibility index (Phi) is 10.6. The lowest BCUT2D eigenvalue weighted by atomic mass is 10.1. The normalized spacial score (nSPS) is 9.97. The Morgan fingerprint density at radius 3 is 2.08 bits per heavy atom. The van der Waals surface area contributed by atoms with Gasteiger partial charge in [0.15, 0.2) is 5.65 Å². The smallest absolute Gasteiger partial charge is 0.307 e. The van der Waals surface area contributed by atoms with Crippen LogP contribution in [0.3, 0.4) is 0 Å². The first-order chi connectivity index (χ1) is 17.4. The Labute approximate surface area is 225 Å². The first-order valence-corrected chi connectivity index (χ1v) is 12.4. The van der Waals surface area contributed by atoms with Gasteiger partial charge in [-0.15, -0.1) is 10.2 Å². The summed E-state index contributed by atoms with van der Waals surface area (Å²) in [6.07, 6.45) is 4.57. The molecule has 0 bridgehead atoms. The van der Waals surface area contributed by atoms with Crippen LogP contribution < -0.4 is 11.3 Å². The first kappa shape index (κ1) is 27.0. The predicted octanol–water partition coefficient (Wildman–Crippen LogP) is 5.53. The Morgan fingerprint density at radius 2 is 1.50 bits per heavy atom. The molecular weight excluding hydrogens is 588 g/mol. The molecule has 2 aromatic carbocycles. The summed E-state index contributed by atoms with van der Waals surface area (Å²) in [7, 11) is 0. The molecule has 4 N–H and O–H groups in total. The molecule has 0 atom stereocenters. The molecule has 184 valence electrons. The van der Waals surface area contributed by atoms with E-state index in [-0.39, 0.29) is 6.42 Å². The van der Waals surface area contributed by atoms with Crippen LogP contribution in [0.5, 0.6) is 0 Å². The number of anilines is 1. The Morgan fingerprint density at radius 1 is 0.861 bits per heavy atom. The summed E-state index contributed by atoms with van der Waals surface area (Å²) in [5, 5.41) is 16.7. The zero-order valence-electron chi connectivity index (χ0n) is 19.1. The van der Waals surface area contributed by atoms with Crippen molar-refractivity contribution >= 4 is 49.3 Å². The number of nitrogen functional groups attached to an aromatic ring is 1. The highest BCUT2D eigenvalue weighted by Gasteiger charge is 2.06. The van der Waals surface area contributed by atoms with Gasteiger partial charge in [-0.3, -0.25) is 9.20 Å². The average molecular weight is 612 g/mol. The van der Waals surface area contributed by atoms with Crippen molar-refractivity contribution in [3.8, 4) is 0 Å². The molecule has 3 aromatic heterocycles. The lowest BCUT2D eigenvalue weighted by Gasteiger charge is -2.00. The fraction of sp³-hybridized carbons (Fsp3) is 0.0769. The van der Waals surface area contributed by atoms with Crippen molar-refractivity contribution in [2.45, 2.75) is 12.8 Å². The minimum Gasteiger partial charge on any atom is -0.481 e. The van der Waals surface area contributed by atoms with Gasteiger partial charge in [0.05, 0.1) is 6.42 Å². The standard InChI is InChI=1S/C13H10BrN3.C8H8O2.C5H6BrN3/c14-11-6-7-12-15-16-13(17(12)9-11)8-10-4-2-1-3-5-10;9-8(10)6-7-4-2-1-3-5-7;6-4-1-2-5(9-7)8-3-4/h1-7,9H,8H2;1-5H,6H2,(H,9,10);1-3H,7H2,(H,8,9). The van der Waals surface area contributed by atoms with Gasteiger partial charge in [0, 0.05) is 27.8 Å². The monoisotopic (exact) mass is 610 g/mol. The minimum atomic E-state index is -0.786. The number of fused-ring (bicyclic) bond motifs is 1. The van der Waals surface area contributed by atoms with E-state index in [1.165, 1.54) is 5.56 Å². The molecule has 0 unspecified atom stereocenters. The number of nitrogens with one attached hydrogen (secondary N) is 1. The van der Waals surface area contributed by atoms with Crippen LogP contribution in [-0.4, -0.2) is 30.7 Å². The van der Waals surface area contributed by atoms with E-state index >= 15 is 0 Å². The van der Waals surface area contributed by atoms with E-state index in [0.29, 0.717) is 5.82 Å². The van der Waals surface area contributed by atoms with E-state index in [4.69, 9.17) is 10.9 Å². The number of carbonyl (C=O) groups is 1. The molecular formula is C26H24Br2N6O2. The molecule has 0 aliphatic carbocycles. The van der Waals surface area contributed by atoms with E-state index in [9.17, 15) is 4.79 Å². The van der Waals surface area contributed by atoms with Gasteiger partial charge < -0.3 is 10.5 Å². The molecule has 8 nitrogen and oxygen atoms in total. The number of aliphatic carboxylic acids is 1. The lowest BCUT2D eigenvalue weighted by molar-refractivity contribution is -0.136. The second-order valence-electron chi connectivity index (χ2n) is 7.42. The minimum absolute atomic E-state index is 0.112. The van der Waals surface area contributed by atoms with E-state index in [2.05, 4.69) is 64.6 Å². The highest BCUT2D eigenvalue weighted by Crippen LogP contribution is 2.14. The van der Waals surface area contributed by atoms with E-state index < -0.39 is 5.97 Å². The fourth-order valence-electron chi connectivity index (χ4n) is 3.04. The maximum Gasteiger partial charge on any atom is 0.307 e. The van der Waals surface area contributed by atoms with Gasteiger partial charge in [-0.1, -0.05) is 60.7 Å². The topological polar surface area (TPSA) is 118 Å². The van der Waals surface area contributed by atoms with Crippen LogP contribution in [-0.2, 0) is 17.6 Å². The number of aromatic nitrogens is 4. The van der Waals surface area contributed by atoms with E-state index in [1.54, 1.807) is 24.4 Å². The molecule has 0 aliphatic heterocycles. The summed E-state index contributed by atoms with van der Waals surface area (Å²) in [5.41, 5.74) is 5.38. The highest BCUT2D eigenvalue weighted by atomic mass is 79.9. The molecule has 36 heavy (non-hydrogen) atoms. The predicted molar refractivity (Wildman–Crippen MR) is 147 cm³/mol. The van der Waals surface area contributed by atoms with Gasteiger partial charge in [-0.2, -0.15) is 0 Å². The van der Waals surface area contributed by atoms with E-state index in [0.717, 1.165) is 32.4 Å². The lowest BCUT2D eigenvalue weighted by Crippen LogP contribution is -2.07. The third-order valence-corrected chi connectivity index (χ3v) is 5.65. The molecule has 0 saturated heterocycles. The maximum atomic E-state index is 10.2. The van der Waals surface area contributed by atoms with Gasteiger partial charge in [0.1, 0.15) is 11.6 Å². The zero-order chi connectivity index (χ0) is 25.8. The zero-order valence-corrected chi connectivity index (χ0v) is 22.3. The number of pyridine rings is 2. The summed E-state index contributed by atoms with van der Waals surface area (Å²) in [6.45, 7) is 0. The third kappa shape index (κ3) is 8.88. The van der Waals surface area contributed by atoms with Crippen LogP contribution in [0.25, 0.3) is 5.65 Å². The first-order valence-electron chi connectivity index (χ1n) is 10.8. The molecule has 5 aromatic rings. The van der Waals surface area contributed by atoms with Crippen LogP contribution in [0.4, 0.5) is 5.82 Å². The number of rotatable bonds is 5. The number of hydrogen-bond donors (Lipinski definition) is 3. The molecule has 0 fully saturated rings. The van der Waals surface area contributed by atoms with Crippen LogP contribution in [0.2, 0.25) is 0 Å². The Balaban J connectivity index is 0.000000163. The highest BCUT2D eigenvalue weighted by molar-refractivity contribution is 9.10. The number of carboxylic acids is 1. The Hall–Kier alpha value is -3.60. The van der Waals surface area contributed by atoms with Gasteiger partial charge >= 0.3 is 5.97 Å². The van der Waals surface area contributed by atoms with Crippen molar-refractivity contribution in [1.82, 2.24) is 19.6 Å². The van der Waals surface area contributed by atoms with Gasteiger partial charge in [-0.05, 0) is 67.3 Å². The fourth-order valence-corrected chi connectivity index (χ4v) is 3.61. The molecule has 0 saturated carbocycles. The number of hydrazine groups is 1. The Bertz CT molecular complexity index is 1360. The molecule has 10 heteroatoms. The quantitative estimate of drug-likeness (QED) is 0.177. The van der Waals surface area contributed by atoms with Gasteiger partial charge in [-0.25, -0.2) is 10.8 Å². The summed E-state index contributed by atoms with van der Waals surface area (Å²) in [6, 6.07) is 27.0. The third-order valence-electron chi connectivity index (χ3n) is 4.72. The van der Waals surface area contributed by atoms with Crippen molar-refractivity contribution in [3.05, 3.63) is 123 Å². The van der Waals surface area contributed by atoms with Gasteiger partial charge in [0.25, 0.3) is 0 Å². The second-order valence-corrected chi connectivity index (χ2v) is 9.25. The summed E-state index contributed by atoms with van der Waals surface area (Å²) in [4.78, 5) is 14.1. The van der Waals surface area contributed by atoms with Crippen LogP contribution >= 0.6 is 31.9 Å². The van der Waals surface area contributed by atoms with Crippen molar-refractivity contribution in [2.75, 3.05) is 5.43 Å². The number of benzene rings is 2. The average Bonchev–Trinajstić information content (AvgIpc) is 3.28. The van der Waals surface area contributed by atoms with E-state index in [1.807, 2.05) is 65.2 Å². The van der Waals surface area contributed by atoms with Crippen molar-refractivity contribution in [2.24, 2.45) is 5.84 Å². The van der Waals surface area contributed by atoms with Crippen LogP contribution in [0.15, 0.2) is 106 Å². The maximum absolute atomic E-state index is 10.2. The number of nitrogens with two attached hydrogens (primary N) is 1. The van der Waals surface area contributed by atoms with Crippen LogP contribution in [0, 0.1) is 0 Å².